The SMILES string of the molecule is CCC1CN(C(C(=O)O)C2CC2)CCC1=O. The Morgan fingerprint density at radius 2 is 2.25 bits per heavy atom. The monoisotopic (exact) mass is 225 g/mol. The van der Waals surface area contributed by atoms with Crippen LogP contribution >= 0.6 is 0 Å². The van der Waals surface area contributed by atoms with Gasteiger partial charge in [-0.05, 0) is 25.2 Å². The molecule has 0 spiro atoms. The number of piperidine rings is 1. The summed E-state index contributed by atoms with van der Waals surface area (Å²) in [6, 6.07) is -0.345. The van der Waals surface area contributed by atoms with Crippen molar-refractivity contribution in [3.8, 4) is 0 Å². The number of hydrogen-bond donors (Lipinski definition) is 1. The molecule has 0 aromatic rings. The van der Waals surface area contributed by atoms with Crippen molar-refractivity contribution < 1.29 is 14.7 Å². The molecule has 0 aromatic carbocycles. The van der Waals surface area contributed by atoms with E-state index in [2.05, 4.69) is 0 Å². The van der Waals surface area contributed by atoms with Crippen LogP contribution in [0, 0.1) is 11.8 Å². The first-order valence-electron chi connectivity index (χ1n) is 6.13. The smallest absolute Gasteiger partial charge is 0.321 e. The topological polar surface area (TPSA) is 57.6 Å². The van der Waals surface area contributed by atoms with E-state index in [1.54, 1.807) is 0 Å². The second kappa shape index (κ2) is 4.53. The molecule has 1 aliphatic heterocycles. The molecule has 1 N–H and O–H groups in total. The Hall–Kier alpha value is -0.900. The molecule has 4 heteroatoms. The van der Waals surface area contributed by atoms with E-state index in [-0.39, 0.29) is 12.0 Å². The fourth-order valence-corrected chi connectivity index (χ4v) is 2.61. The first kappa shape index (κ1) is 11.6. The van der Waals surface area contributed by atoms with Crippen molar-refractivity contribution >= 4 is 11.8 Å². The Kier molecular flexibility index (Phi) is 3.28. The number of carboxylic acid groups (broad SMARTS) is 1. The third kappa shape index (κ3) is 2.26. The molecule has 1 saturated carbocycles. The van der Waals surface area contributed by atoms with Crippen molar-refractivity contribution in [2.75, 3.05) is 13.1 Å². The molecule has 16 heavy (non-hydrogen) atoms. The molecule has 2 aliphatic rings. The normalized spacial score (nSPS) is 29.1. The number of ketones is 1. The van der Waals surface area contributed by atoms with Crippen LogP contribution in [-0.4, -0.2) is 40.9 Å². The number of carboxylic acids is 1. The lowest BCUT2D eigenvalue weighted by atomic mass is 9.92. The van der Waals surface area contributed by atoms with E-state index in [1.165, 1.54) is 0 Å². The molecular weight excluding hydrogens is 206 g/mol. The summed E-state index contributed by atoms with van der Waals surface area (Å²) in [6.45, 7) is 3.27. The summed E-state index contributed by atoms with van der Waals surface area (Å²) in [5.74, 6) is -0.0389. The number of carbonyl (C=O) groups excluding carboxylic acids is 1. The highest BCUT2D eigenvalue weighted by Gasteiger charge is 2.42. The van der Waals surface area contributed by atoms with Gasteiger partial charge in [0.15, 0.2) is 0 Å². The number of Topliss-reactive ketones (excluding diaryl/α,β-unsaturated/α-hetero) is 1. The molecule has 0 bridgehead atoms. The van der Waals surface area contributed by atoms with E-state index in [9.17, 15) is 14.7 Å². The van der Waals surface area contributed by atoms with Gasteiger partial charge in [0.25, 0.3) is 0 Å². The zero-order valence-electron chi connectivity index (χ0n) is 9.69. The lowest BCUT2D eigenvalue weighted by molar-refractivity contribution is -0.146. The van der Waals surface area contributed by atoms with Crippen LogP contribution in [0.15, 0.2) is 0 Å². The van der Waals surface area contributed by atoms with E-state index >= 15 is 0 Å². The minimum atomic E-state index is -0.716. The van der Waals surface area contributed by atoms with Crippen molar-refractivity contribution in [2.24, 2.45) is 11.8 Å². The molecule has 2 rings (SSSR count). The first-order valence-corrected chi connectivity index (χ1v) is 6.13. The molecular formula is C12H19NO3. The minimum Gasteiger partial charge on any atom is -0.480 e. The summed E-state index contributed by atoms with van der Waals surface area (Å²) in [7, 11) is 0. The van der Waals surface area contributed by atoms with E-state index in [0.717, 1.165) is 19.3 Å². The molecule has 1 heterocycles. The largest absolute Gasteiger partial charge is 0.480 e. The zero-order chi connectivity index (χ0) is 11.7. The number of nitrogens with zero attached hydrogens (tertiary/aromatic N) is 1. The molecule has 1 saturated heterocycles. The molecule has 0 amide bonds. The Labute approximate surface area is 95.6 Å². The van der Waals surface area contributed by atoms with Gasteiger partial charge in [0.2, 0.25) is 0 Å². The summed E-state index contributed by atoms with van der Waals surface area (Å²) in [5.41, 5.74) is 0. The summed E-state index contributed by atoms with van der Waals surface area (Å²) in [5, 5.41) is 9.23. The predicted molar refractivity (Wildman–Crippen MR) is 59.1 cm³/mol. The van der Waals surface area contributed by atoms with E-state index in [4.69, 9.17) is 0 Å². The van der Waals surface area contributed by atoms with E-state index in [1.807, 2.05) is 11.8 Å². The number of hydrogen-bond acceptors (Lipinski definition) is 3. The number of rotatable bonds is 4. The summed E-state index contributed by atoms with van der Waals surface area (Å²) >= 11 is 0. The molecule has 0 radical (unpaired) electrons. The Bertz CT molecular complexity index is 299. The van der Waals surface area contributed by atoms with Crippen molar-refractivity contribution in [3.63, 3.8) is 0 Å². The van der Waals surface area contributed by atoms with Gasteiger partial charge >= 0.3 is 5.97 Å². The lowest BCUT2D eigenvalue weighted by Gasteiger charge is -2.35. The lowest BCUT2D eigenvalue weighted by Crippen LogP contribution is -2.50. The quantitative estimate of drug-likeness (QED) is 0.779. The summed E-state index contributed by atoms with van der Waals surface area (Å²) < 4.78 is 0. The van der Waals surface area contributed by atoms with Crippen LogP contribution < -0.4 is 0 Å². The van der Waals surface area contributed by atoms with Gasteiger partial charge in [0, 0.05) is 25.4 Å². The van der Waals surface area contributed by atoms with E-state index in [0.29, 0.717) is 31.2 Å². The van der Waals surface area contributed by atoms with E-state index < -0.39 is 5.97 Å². The molecule has 1 aliphatic carbocycles. The highest BCUT2D eigenvalue weighted by atomic mass is 16.4. The molecule has 4 nitrogen and oxygen atoms in total. The molecule has 0 aromatic heterocycles. The van der Waals surface area contributed by atoms with Crippen LogP contribution in [0.5, 0.6) is 0 Å². The standard InChI is InChI=1S/C12H19NO3/c1-2-8-7-13(6-5-10(8)14)11(12(15)16)9-3-4-9/h8-9,11H,2-7H2,1H3,(H,15,16). The van der Waals surface area contributed by atoms with Gasteiger partial charge in [-0.2, -0.15) is 0 Å². The summed E-state index contributed by atoms with van der Waals surface area (Å²) in [4.78, 5) is 24.8. The molecule has 2 atom stereocenters. The maximum Gasteiger partial charge on any atom is 0.321 e. The van der Waals surface area contributed by atoms with Crippen molar-refractivity contribution in [1.29, 1.82) is 0 Å². The second-order valence-electron chi connectivity index (χ2n) is 4.94. The highest BCUT2D eigenvalue weighted by Crippen LogP contribution is 2.36. The summed E-state index contributed by atoms with van der Waals surface area (Å²) in [6.07, 6.45) is 3.40. The van der Waals surface area contributed by atoms with Crippen LogP contribution in [-0.2, 0) is 9.59 Å². The van der Waals surface area contributed by atoms with Gasteiger partial charge < -0.3 is 5.11 Å². The molecule has 2 unspecified atom stereocenters. The van der Waals surface area contributed by atoms with Crippen LogP contribution in [0.4, 0.5) is 0 Å². The van der Waals surface area contributed by atoms with Gasteiger partial charge in [0.05, 0.1) is 0 Å². The number of aliphatic carboxylic acids is 1. The third-order valence-electron chi connectivity index (χ3n) is 3.76. The Balaban J connectivity index is 2.02. The molecule has 2 fully saturated rings. The predicted octanol–water partition coefficient (Wildman–Crippen LogP) is 1.15. The zero-order valence-corrected chi connectivity index (χ0v) is 9.69. The Morgan fingerprint density at radius 3 is 2.75 bits per heavy atom. The maximum atomic E-state index is 11.6. The average Bonchev–Trinajstić information content (AvgIpc) is 3.04. The van der Waals surface area contributed by atoms with Crippen LogP contribution in [0.1, 0.15) is 32.6 Å². The van der Waals surface area contributed by atoms with Crippen LogP contribution in [0.2, 0.25) is 0 Å². The second-order valence-corrected chi connectivity index (χ2v) is 4.94. The fraction of sp³-hybridized carbons (Fsp3) is 0.833. The number of likely N-dealkylation sites (tertiary alicyclic amines) is 1. The van der Waals surface area contributed by atoms with Gasteiger partial charge in [-0.3, -0.25) is 14.5 Å². The van der Waals surface area contributed by atoms with Crippen LogP contribution in [0.25, 0.3) is 0 Å². The van der Waals surface area contributed by atoms with Crippen molar-refractivity contribution in [3.05, 3.63) is 0 Å². The first-order chi connectivity index (χ1) is 7.63. The molecule has 90 valence electrons. The van der Waals surface area contributed by atoms with Gasteiger partial charge in [0.1, 0.15) is 11.8 Å². The number of carbonyl (C=O) groups is 2. The fourth-order valence-electron chi connectivity index (χ4n) is 2.61. The highest BCUT2D eigenvalue weighted by molar-refractivity contribution is 5.82. The van der Waals surface area contributed by atoms with Crippen molar-refractivity contribution in [2.45, 2.75) is 38.6 Å². The van der Waals surface area contributed by atoms with Gasteiger partial charge in [-0.15, -0.1) is 0 Å². The van der Waals surface area contributed by atoms with Gasteiger partial charge in [-0.25, -0.2) is 0 Å². The average molecular weight is 225 g/mol. The van der Waals surface area contributed by atoms with Crippen LogP contribution in [0.3, 0.4) is 0 Å². The third-order valence-corrected chi connectivity index (χ3v) is 3.76. The minimum absolute atomic E-state index is 0.0503. The Morgan fingerprint density at radius 1 is 1.56 bits per heavy atom. The maximum absolute atomic E-state index is 11.6. The van der Waals surface area contributed by atoms with Gasteiger partial charge in [-0.1, -0.05) is 6.92 Å². The van der Waals surface area contributed by atoms with Crippen molar-refractivity contribution in [1.82, 2.24) is 4.90 Å².